The molecule has 3 aliphatic rings. The van der Waals surface area contributed by atoms with Gasteiger partial charge in [0.2, 0.25) is 11.9 Å². The molecule has 7 rings (SSSR count). The van der Waals surface area contributed by atoms with Gasteiger partial charge in [-0.3, -0.25) is 37.8 Å². The summed E-state index contributed by atoms with van der Waals surface area (Å²) in [6.07, 6.45) is -4.84. The van der Waals surface area contributed by atoms with Crippen molar-refractivity contribution < 1.29 is 46.5 Å². The van der Waals surface area contributed by atoms with Gasteiger partial charge in [-0.2, -0.15) is 9.97 Å². The average molecular weight is 684 g/mol. The molecule has 3 saturated heterocycles. The molecule has 3 aliphatic heterocycles. The lowest BCUT2D eigenvalue weighted by molar-refractivity contribution is -0.243. The Hall–Kier alpha value is -3.56. The van der Waals surface area contributed by atoms with Crippen molar-refractivity contribution in [1.29, 1.82) is 0 Å². The van der Waals surface area contributed by atoms with Crippen molar-refractivity contribution in [2.45, 2.75) is 50.7 Å². The summed E-state index contributed by atoms with van der Waals surface area (Å²) < 4.78 is 62.2. The zero-order chi connectivity index (χ0) is 32.7. The molecule has 248 valence electrons. The van der Waals surface area contributed by atoms with E-state index >= 15 is 0 Å². The molecule has 24 heteroatoms. The maximum Gasteiger partial charge on any atom is 0.280 e. The molecule has 4 aromatic heterocycles. The predicted molar refractivity (Wildman–Crippen MR) is 148 cm³/mol. The van der Waals surface area contributed by atoms with Gasteiger partial charge in [0, 0.05) is 11.8 Å². The number of phosphoric ester groups is 2. The van der Waals surface area contributed by atoms with Crippen LogP contribution in [0.25, 0.3) is 22.3 Å². The van der Waals surface area contributed by atoms with E-state index in [9.17, 15) is 28.5 Å². The Balaban J connectivity index is 1.18. The summed E-state index contributed by atoms with van der Waals surface area (Å²) in [4.78, 5) is 71.7. The number of aromatic amines is 2. The zero-order valence-corrected chi connectivity index (χ0v) is 25.6. The highest BCUT2D eigenvalue weighted by molar-refractivity contribution is 7.46. The summed E-state index contributed by atoms with van der Waals surface area (Å²) >= 11 is 0. The third-order valence-electron chi connectivity index (χ3n) is 8.04. The van der Waals surface area contributed by atoms with Gasteiger partial charge in [-0.15, -0.1) is 0 Å². The first-order valence-electron chi connectivity index (χ1n) is 13.7. The molecule has 22 nitrogen and oxygen atoms in total. The normalized spacial score (nSPS) is 37.1. The number of aromatic nitrogens is 8. The van der Waals surface area contributed by atoms with Crippen molar-refractivity contribution >= 4 is 49.9 Å². The van der Waals surface area contributed by atoms with E-state index in [-0.39, 0.29) is 34.2 Å². The fourth-order valence-electron chi connectivity index (χ4n) is 5.94. The van der Waals surface area contributed by atoms with Crippen LogP contribution >= 0.6 is 15.6 Å². The van der Waals surface area contributed by atoms with Crippen LogP contribution in [0.5, 0.6) is 0 Å². The Morgan fingerprint density at radius 3 is 1.57 bits per heavy atom. The van der Waals surface area contributed by atoms with Gasteiger partial charge in [0.1, 0.15) is 36.9 Å². The molecule has 3 fully saturated rings. The number of nitrogens with two attached hydrogens (primary N) is 2. The van der Waals surface area contributed by atoms with E-state index in [2.05, 4.69) is 29.9 Å². The van der Waals surface area contributed by atoms with Crippen LogP contribution in [0.15, 0.2) is 22.2 Å². The minimum atomic E-state index is -5.12. The molecule has 46 heavy (non-hydrogen) atoms. The lowest BCUT2D eigenvalue weighted by Crippen LogP contribution is -2.38. The molecule has 0 aliphatic carbocycles. The third-order valence-corrected chi connectivity index (χ3v) is 9.98. The summed E-state index contributed by atoms with van der Waals surface area (Å²) in [6, 6.07) is 0. The van der Waals surface area contributed by atoms with Gasteiger partial charge in [0.25, 0.3) is 26.8 Å². The van der Waals surface area contributed by atoms with E-state index in [1.54, 1.807) is 13.8 Å². The number of hydrogen-bond donors (Lipinski definition) is 4. The number of fused-ring (bicyclic) bond motifs is 4. The largest absolute Gasteiger partial charge is 0.756 e. The molecular weight excluding hydrogens is 658 g/mol. The maximum atomic E-state index is 13.1. The second-order valence-electron chi connectivity index (χ2n) is 11.0. The molecule has 7 heterocycles. The van der Waals surface area contributed by atoms with Crippen LogP contribution in [0.3, 0.4) is 0 Å². The topological polar surface area (TPSA) is 315 Å². The minimum absolute atomic E-state index is 0.0393. The number of hydrogen-bond acceptors (Lipinski definition) is 18. The summed E-state index contributed by atoms with van der Waals surface area (Å²) in [5, 5.41) is 0. The molecule has 10 atom stereocenters. The number of H-pyrrole nitrogens is 2. The molecule has 4 aromatic rings. The molecule has 0 aromatic carbocycles. The maximum absolute atomic E-state index is 13.1. The van der Waals surface area contributed by atoms with Crippen LogP contribution in [0.2, 0.25) is 0 Å². The lowest BCUT2D eigenvalue weighted by Gasteiger charge is -2.35. The fraction of sp³-hybridized carbons (Fsp3) is 0.545. The molecule has 0 spiro atoms. The highest BCUT2D eigenvalue weighted by atomic mass is 31.2. The van der Waals surface area contributed by atoms with Gasteiger partial charge >= 0.3 is 0 Å². The number of anilines is 2. The minimum Gasteiger partial charge on any atom is -0.756 e. The third kappa shape index (κ3) is 5.35. The van der Waals surface area contributed by atoms with Crippen molar-refractivity contribution in [2.75, 3.05) is 24.7 Å². The van der Waals surface area contributed by atoms with Crippen LogP contribution in [0.4, 0.5) is 11.9 Å². The highest BCUT2D eigenvalue weighted by Gasteiger charge is 2.50. The van der Waals surface area contributed by atoms with Gasteiger partial charge in [-0.05, 0) is 0 Å². The van der Waals surface area contributed by atoms with Gasteiger partial charge in [0.05, 0.1) is 25.9 Å². The first kappa shape index (κ1) is 31.1. The van der Waals surface area contributed by atoms with Crippen molar-refractivity contribution in [3.63, 3.8) is 0 Å². The Bertz CT molecular complexity index is 1900. The molecule has 0 amide bonds. The summed E-state index contributed by atoms with van der Waals surface area (Å²) in [5.41, 5.74) is 10.1. The van der Waals surface area contributed by atoms with Crippen LogP contribution in [0, 0.1) is 11.8 Å². The lowest BCUT2D eigenvalue weighted by atomic mass is 10.0. The number of ether oxygens (including phenoxy) is 2. The number of nitrogens with zero attached hydrogens (tertiary/aromatic N) is 6. The first-order chi connectivity index (χ1) is 21.7. The van der Waals surface area contributed by atoms with Crippen LogP contribution in [-0.2, 0) is 36.7 Å². The molecule has 0 bridgehead atoms. The number of imidazole rings is 2. The van der Waals surface area contributed by atoms with Crippen molar-refractivity contribution in [3.8, 4) is 0 Å². The molecular formula is C22H26N10O12P2-2. The van der Waals surface area contributed by atoms with Gasteiger partial charge < -0.3 is 48.8 Å². The van der Waals surface area contributed by atoms with E-state index in [1.807, 2.05) is 0 Å². The van der Waals surface area contributed by atoms with Crippen LogP contribution < -0.4 is 32.4 Å². The predicted octanol–water partition coefficient (Wildman–Crippen LogP) is -1.76. The Kier molecular flexibility index (Phi) is 7.44. The summed E-state index contributed by atoms with van der Waals surface area (Å²) in [6.45, 7) is 1.70. The fourth-order valence-corrected chi connectivity index (χ4v) is 7.98. The number of phosphoric acid groups is 2. The average Bonchev–Trinajstić information content (AvgIpc) is 3.72. The molecule has 4 unspecified atom stereocenters. The highest BCUT2D eigenvalue weighted by Crippen LogP contribution is 2.52. The Labute approximate surface area is 256 Å². The molecule has 0 saturated carbocycles. The standard InChI is InChI=1S/C22H28N10O12P2/c1-7-13-9(41-19(7)31-5-25-11-15(31)27-21(23)29-17(11)33)3-39-46(37,38)44-14-8(2)20(42-10(14)4-40-45(35,36)43-13)32-6-26-12-16(32)28-22(24)30-18(12)34/h5-10,13-14,19-20H,3-4H2,1-2H3,(H,35,36)(H,37,38)(H3,23,27,29,33)(H3,24,28,30,34)/p-2/t7-,8-,9-,10-,13?,14?,19+,20+/m0/s1. The zero-order valence-electron chi connectivity index (χ0n) is 23.8. The van der Waals surface area contributed by atoms with E-state index in [0.29, 0.717) is 0 Å². The smallest absolute Gasteiger partial charge is 0.280 e. The number of nitrogens with one attached hydrogen (secondary N) is 2. The monoisotopic (exact) mass is 684 g/mol. The van der Waals surface area contributed by atoms with Crippen molar-refractivity contribution in [1.82, 2.24) is 39.0 Å². The SMILES string of the molecule is C[C@H]1C2OP(=O)([O-])OC[C@@H]3O[C@@H](n4cnc5c(=O)[nH]c(N)nc54)[C@@H](C)C3OP(=O)([O-])OC[C@@H]2O[C@H]1n1cnc2c(=O)[nH]c(N)nc21. The van der Waals surface area contributed by atoms with E-state index in [4.69, 9.17) is 39.0 Å². The van der Waals surface area contributed by atoms with Gasteiger partial charge in [-0.25, -0.2) is 9.97 Å². The Morgan fingerprint density at radius 1 is 0.783 bits per heavy atom. The molecule has 6 N–H and O–H groups in total. The summed E-state index contributed by atoms with van der Waals surface area (Å²) in [7, 11) is -10.2. The number of nitrogen functional groups attached to an aromatic ring is 2. The molecule has 0 radical (unpaired) electrons. The second kappa shape index (κ2) is 11.0. The van der Waals surface area contributed by atoms with Crippen LogP contribution in [-0.4, -0.2) is 76.7 Å². The van der Waals surface area contributed by atoms with Gasteiger partial charge in [-0.1, -0.05) is 13.8 Å². The second-order valence-corrected chi connectivity index (χ2v) is 13.8. The Morgan fingerprint density at radius 2 is 1.17 bits per heavy atom. The van der Waals surface area contributed by atoms with E-state index in [1.165, 1.54) is 21.8 Å². The summed E-state index contributed by atoms with van der Waals surface area (Å²) in [5.74, 6) is -2.02. The number of rotatable bonds is 2. The van der Waals surface area contributed by atoms with Crippen LogP contribution in [0.1, 0.15) is 26.3 Å². The van der Waals surface area contributed by atoms with E-state index < -0.39 is 88.7 Å². The van der Waals surface area contributed by atoms with Crippen molar-refractivity contribution in [2.24, 2.45) is 11.8 Å². The first-order valence-corrected chi connectivity index (χ1v) is 16.7. The van der Waals surface area contributed by atoms with Crippen molar-refractivity contribution in [3.05, 3.63) is 33.4 Å². The van der Waals surface area contributed by atoms with E-state index in [0.717, 1.165) is 0 Å². The quantitative estimate of drug-likeness (QED) is 0.170. The van der Waals surface area contributed by atoms with Gasteiger partial charge in [0.15, 0.2) is 22.3 Å².